The van der Waals surface area contributed by atoms with E-state index in [-0.39, 0.29) is 24.5 Å². The number of hydrogen-bond donors (Lipinski definition) is 1. The zero-order valence-electron chi connectivity index (χ0n) is 14.2. The van der Waals surface area contributed by atoms with Gasteiger partial charge in [-0.1, -0.05) is 23.4 Å². The van der Waals surface area contributed by atoms with Crippen LogP contribution in [-0.4, -0.2) is 43.2 Å². The highest BCUT2D eigenvalue weighted by Gasteiger charge is 2.22. The van der Waals surface area contributed by atoms with Crippen molar-refractivity contribution in [3.63, 3.8) is 0 Å². The zero-order valence-corrected chi connectivity index (χ0v) is 15.0. The number of methoxy groups -OCH3 is 1. The van der Waals surface area contributed by atoms with E-state index in [4.69, 9.17) is 4.74 Å². The molecule has 0 bridgehead atoms. The van der Waals surface area contributed by atoms with Crippen LogP contribution >= 0.6 is 11.5 Å². The number of Topliss-reactive ketones (excluding diaryl/α,β-unsaturated/α-hetero) is 1. The molecule has 0 fully saturated rings. The Labute approximate surface area is 153 Å². The highest BCUT2D eigenvalue weighted by atomic mass is 32.1. The molecule has 0 saturated heterocycles. The minimum atomic E-state index is -0.468. The van der Waals surface area contributed by atoms with E-state index in [1.165, 1.54) is 14.0 Å². The maximum Gasteiger partial charge on any atom is 0.280 e. The molecule has 3 aromatic rings. The van der Waals surface area contributed by atoms with Crippen LogP contribution in [0.3, 0.4) is 0 Å². The van der Waals surface area contributed by atoms with Crippen molar-refractivity contribution in [3.8, 4) is 5.69 Å². The van der Waals surface area contributed by atoms with E-state index in [1.807, 2.05) is 30.3 Å². The van der Waals surface area contributed by atoms with Crippen LogP contribution in [-0.2, 0) is 22.6 Å². The fourth-order valence-electron chi connectivity index (χ4n) is 2.28. The number of ether oxygens (including phenoxy) is 1. The van der Waals surface area contributed by atoms with Crippen molar-refractivity contribution in [2.75, 3.05) is 12.4 Å². The molecule has 0 aliphatic rings. The van der Waals surface area contributed by atoms with E-state index >= 15 is 0 Å². The van der Waals surface area contributed by atoms with E-state index < -0.39 is 5.91 Å². The normalized spacial score (nSPS) is 10.7. The fourth-order valence-corrected chi connectivity index (χ4v) is 2.86. The van der Waals surface area contributed by atoms with E-state index in [0.717, 1.165) is 17.2 Å². The number of para-hydroxylation sites is 1. The monoisotopic (exact) mass is 372 g/mol. The molecule has 1 aromatic carbocycles. The summed E-state index contributed by atoms with van der Waals surface area (Å²) in [6.07, 6.45) is 0.130. The second kappa shape index (κ2) is 7.93. The minimum Gasteiger partial charge on any atom is -0.378 e. The maximum absolute atomic E-state index is 12.6. The molecule has 0 spiro atoms. The zero-order chi connectivity index (χ0) is 18.5. The smallest absolute Gasteiger partial charge is 0.280 e. The Morgan fingerprint density at radius 2 is 2.04 bits per heavy atom. The van der Waals surface area contributed by atoms with Gasteiger partial charge in [0, 0.05) is 18.6 Å². The van der Waals surface area contributed by atoms with Gasteiger partial charge in [-0.25, -0.2) is 9.67 Å². The number of carbonyl (C=O) groups is 2. The Bertz CT molecular complexity index is 921. The quantitative estimate of drug-likeness (QED) is 0.671. The summed E-state index contributed by atoms with van der Waals surface area (Å²) in [6, 6.07) is 9.33. The molecule has 9 nitrogen and oxygen atoms in total. The molecule has 2 aromatic heterocycles. The number of aromatic nitrogens is 5. The first-order valence-electron chi connectivity index (χ1n) is 7.70. The lowest BCUT2D eigenvalue weighted by Gasteiger charge is -2.06. The molecule has 0 aliphatic carbocycles. The van der Waals surface area contributed by atoms with Crippen molar-refractivity contribution >= 4 is 28.4 Å². The lowest BCUT2D eigenvalue weighted by atomic mass is 10.2. The molecule has 10 heteroatoms. The highest BCUT2D eigenvalue weighted by Crippen LogP contribution is 2.17. The van der Waals surface area contributed by atoms with Crippen LogP contribution in [0.15, 0.2) is 30.3 Å². The molecule has 0 atom stereocenters. The fraction of sp³-hybridized carbons (Fsp3) is 0.250. The summed E-state index contributed by atoms with van der Waals surface area (Å²) in [7, 11) is 1.53. The molecule has 1 amide bonds. The van der Waals surface area contributed by atoms with Crippen LogP contribution < -0.4 is 5.32 Å². The predicted molar refractivity (Wildman–Crippen MR) is 94.3 cm³/mol. The van der Waals surface area contributed by atoms with Gasteiger partial charge in [-0.3, -0.25) is 14.9 Å². The molecule has 3 rings (SSSR count). The second-order valence-electron chi connectivity index (χ2n) is 5.41. The lowest BCUT2D eigenvalue weighted by molar-refractivity contribution is -0.116. The van der Waals surface area contributed by atoms with E-state index in [0.29, 0.717) is 16.6 Å². The van der Waals surface area contributed by atoms with Crippen molar-refractivity contribution in [3.05, 3.63) is 47.5 Å². The molecular weight excluding hydrogens is 356 g/mol. The Morgan fingerprint density at radius 1 is 1.27 bits per heavy atom. The third kappa shape index (κ3) is 3.98. The van der Waals surface area contributed by atoms with E-state index in [9.17, 15) is 9.59 Å². The van der Waals surface area contributed by atoms with Crippen molar-refractivity contribution < 1.29 is 14.3 Å². The molecule has 26 heavy (non-hydrogen) atoms. The van der Waals surface area contributed by atoms with Gasteiger partial charge in [-0.15, -0.1) is 5.10 Å². The predicted octanol–water partition coefficient (Wildman–Crippen LogP) is 1.65. The van der Waals surface area contributed by atoms with Crippen LogP contribution in [0.5, 0.6) is 0 Å². The van der Waals surface area contributed by atoms with Gasteiger partial charge in [-0.05, 0) is 19.1 Å². The average molecular weight is 372 g/mol. The van der Waals surface area contributed by atoms with Gasteiger partial charge in [0.05, 0.1) is 18.7 Å². The van der Waals surface area contributed by atoms with Gasteiger partial charge < -0.3 is 4.74 Å². The first-order valence-corrected chi connectivity index (χ1v) is 8.48. The summed E-state index contributed by atoms with van der Waals surface area (Å²) in [6.45, 7) is 1.62. The number of rotatable bonds is 7. The Kier molecular flexibility index (Phi) is 5.44. The number of hydrogen-bond acceptors (Lipinski definition) is 8. The number of nitrogens with zero attached hydrogens (tertiary/aromatic N) is 5. The number of benzene rings is 1. The molecule has 0 unspecified atom stereocenters. The summed E-state index contributed by atoms with van der Waals surface area (Å²) in [5, 5.41) is 11.0. The summed E-state index contributed by atoms with van der Waals surface area (Å²) in [5.74, 6) is -0.138. The van der Waals surface area contributed by atoms with E-state index in [2.05, 4.69) is 25.0 Å². The van der Waals surface area contributed by atoms with E-state index in [1.54, 1.807) is 4.68 Å². The third-order valence-electron chi connectivity index (χ3n) is 3.36. The van der Waals surface area contributed by atoms with Crippen molar-refractivity contribution in [1.29, 1.82) is 0 Å². The Hall–Kier alpha value is -2.98. The van der Waals surface area contributed by atoms with Gasteiger partial charge in [0.1, 0.15) is 11.5 Å². The van der Waals surface area contributed by atoms with Crippen LogP contribution in [0, 0.1) is 0 Å². The number of anilines is 1. The number of nitrogens with one attached hydrogen (secondary N) is 1. The molecule has 134 valence electrons. The summed E-state index contributed by atoms with van der Waals surface area (Å²) in [5.41, 5.74) is 1.43. The molecule has 0 saturated carbocycles. The first-order chi connectivity index (χ1) is 12.6. The van der Waals surface area contributed by atoms with Crippen LogP contribution in [0.1, 0.15) is 28.9 Å². The SMILES string of the molecule is COCc1c(C(=O)Nc2nc(CC(C)=O)ns2)nnn1-c1ccccc1. The molecule has 2 heterocycles. The van der Waals surface area contributed by atoms with Crippen LogP contribution in [0.25, 0.3) is 5.69 Å². The molecular formula is C16H16N6O3S. The Morgan fingerprint density at radius 3 is 2.73 bits per heavy atom. The maximum atomic E-state index is 12.6. The summed E-state index contributed by atoms with van der Waals surface area (Å²) < 4.78 is 10.8. The van der Waals surface area contributed by atoms with Crippen molar-refractivity contribution in [2.24, 2.45) is 0 Å². The lowest BCUT2D eigenvalue weighted by Crippen LogP contribution is -2.16. The van der Waals surface area contributed by atoms with Gasteiger partial charge >= 0.3 is 0 Å². The average Bonchev–Trinajstić information content (AvgIpc) is 3.22. The van der Waals surface area contributed by atoms with Crippen LogP contribution in [0.2, 0.25) is 0 Å². The van der Waals surface area contributed by atoms with Gasteiger partial charge in [0.2, 0.25) is 5.13 Å². The summed E-state index contributed by atoms with van der Waals surface area (Å²) >= 11 is 1.01. The second-order valence-corrected chi connectivity index (χ2v) is 6.17. The van der Waals surface area contributed by atoms with Crippen LogP contribution in [0.4, 0.5) is 5.13 Å². The molecule has 1 N–H and O–H groups in total. The number of ketones is 1. The first kappa shape index (κ1) is 17.8. The third-order valence-corrected chi connectivity index (χ3v) is 4.02. The standard InChI is InChI=1S/C16H16N6O3S/c1-10(23)8-13-17-16(26-20-13)18-15(24)14-12(9-25-2)22(21-19-14)11-6-4-3-5-7-11/h3-7H,8-9H2,1-2H3,(H,17,18,20,24). The van der Waals surface area contributed by atoms with Crippen molar-refractivity contribution in [1.82, 2.24) is 24.4 Å². The molecule has 0 aliphatic heterocycles. The topological polar surface area (TPSA) is 112 Å². The highest BCUT2D eigenvalue weighted by molar-refractivity contribution is 7.09. The minimum absolute atomic E-state index is 0.0474. The Balaban J connectivity index is 1.84. The van der Waals surface area contributed by atoms with Gasteiger partial charge in [0.25, 0.3) is 5.91 Å². The number of carbonyl (C=O) groups excluding carboxylic acids is 2. The number of amides is 1. The van der Waals surface area contributed by atoms with Crippen molar-refractivity contribution in [2.45, 2.75) is 20.0 Å². The van der Waals surface area contributed by atoms with Gasteiger partial charge in [0.15, 0.2) is 11.5 Å². The molecule has 0 radical (unpaired) electrons. The largest absolute Gasteiger partial charge is 0.378 e. The summed E-state index contributed by atoms with van der Waals surface area (Å²) in [4.78, 5) is 27.8. The van der Waals surface area contributed by atoms with Gasteiger partial charge in [-0.2, -0.15) is 4.37 Å².